The van der Waals surface area contributed by atoms with Crippen LogP contribution in [0.3, 0.4) is 0 Å². The molecule has 1 rings (SSSR count). The Kier molecular flexibility index (Phi) is 8.75. The molecule has 0 bridgehead atoms. The summed E-state index contributed by atoms with van der Waals surface area (Å²) < 4.78 is 5.30. The van der Waals surface area contributed by atoms with Gasteiger partial charge in [0.05, 0.1) is 12.7 Å². The lowest BCUT2D eigenvalue weighted by Gasteiger charge is -2.18. The molecule has 0 aromatic rings. The molecule has 1 saturated heterocycles. The van der Waals surface area contributed by atoms with Crippen LogP contribution in [-0.4, -0.2) is 12.7 Å². The summed E-state index contributed by atoms with van der Waals surface area (Å²) in [6.45, 7) is 7.99. The molecule has 2 atom stereocenters. The summed E-state index contributed by atoms with van der Waals surface area (Å²) in [4.78, 5) is 0. The van der Waals surface area contributed by atoms with Crippen molar-refractivity contribution >= 4 is 0 Å². The maximum absolute atomic E-state index is 5.30. The van der Waals surface area contributed by atoms with Crippen molar-refractivity contribution in [1.82, 2.24) is 0 Å². The molecule has 0 aromatic heterocycles. The Morgan fingerprint density at radius 3 is 2.17 bits per heavy atom. The Balaban J connectivity index is 1.83. The molecule has 1 nitrogen and oxygen atoms in total. The third kappa shape index (κ3) is 8.13. The van der Waals surface area contributed by atoms with E-state index in [9.17, 15) is 0 Å². The van der Waals surface area contributed by atoms with Gasteiger partial charge in [-0.15, -0.1) is 0 Å². The fourth-order valence-corrected chi connectivity index (χ4v) is 2.58. The van der Waals surface area contributed by atoms with Gasteiger partial charge in [0.2, 0.25) is 0 Å². The Morgan fingerprint density at radius 1 is 1.06 bits per heavy atom. The number of epoxide rings is 1. The van der Waals surface area contributed by atoms with E-state index in [4.69, 9.17) is 4.74 Å². The zero-order chi connectivity index (χ0) is 13.2. The first-order valence-electron chi connectivity index (χ1n) is 8.18. The lowest BCUT2D eigenvalue weighted by atomic mass is 9.87. The van der Waals surface area contributed by atoms with Crippen LogP contribution in [0.5, 0.6) is 0 Å². The molecular weight excluding hydrogens is 220 g/mol. The van der Waals surface area contributed by atoms with Crippen LogP contribution in [0.15, 0.2) is 0 Å². The first kappa shape index (κ1) is 16.0. The van der Waals surface area contributed by atoms with Gasteiger partial charge in [-0.05, 0) is 18.3 Å². The molecule has 1 aliphatic heterocycles. The molecule has 1 heterocycles. The quantitative estimate of drug-likeness (QED) is 0.329. The maximum Gasteiger partial charge on any atom is 0.0815 e. The van der Waals surface area contributed by atoms with E-state index in [2.05, 4.69) is 20.8 Å². The van der Waals surface area contributed by atoms with Gasteiger partial charge in [0.25, 0.3) is 0 Å². The molecule has 0 aromatic carbocycles. The van der Waals surface area contributed by atoms with E-state index in [0.29, 0.717) is 6.10 Å². The van der Waals surface area contributed by atoms with Crippen molar-refractivity contribution in [2.45, 2.75) is 91.1 Å². The van der Waals surface area contributed by atoms with E-state index in [1.807, 2.05) is 0 Å². The Labute approximate surface area is 115 Å². The molecule has 107 valence electrons. The minimum atomic E-state index is 0.575. The second kappa shape index (κ2) is 9.83. The predicted octanol–water partition coefficient (Wildman–Crippen LogP) is 5.54. The van der Waals surface area contributed by atoms with E-state index in [1.54, 1.807) is 5.92 Å². The van der Waals surface area contributed by atoms with Crippen LogP contribution >= 0.6 is 0 Å². The maximum atomic E-state index is 5.30. The number of ether oxygens (including phenoxy) is 1. The van der Waals surface area contributed by atoms with Gasteiger partial charge in [0, 0.05) is 0 Å². The highest BCUT2D eigenvalue weighted by Gasteiger charge is 2.26. The summed E-state index contributed by atoms with van der Waals surface area (Å²) in [7, 11) is 0. The molecule has 0 saturated carbocycles. The van der Waals surface area contributed by atoms with Crippen LogP contribution < -0.4 is 0 Å². The van der Waals surface area contributed by atoms with Crippen LogP contribution in [0.4, 0.5) is 0 Å². The van der Waals surface area contributed by atoms with Gasteiger partial charge in [0.15, 0.2) is 0 Å². The molecule has 0 spiro atoms. The van der Waals surface area contributed by atoms with E-state index in [0.717, 1.165) is 12.5 Å². The standard InChI is InChI=1S/C17H33O/c1-4-5-6-7-8-9-10-11-12-15(2)16(3)13-17-14-18-17/h15,17H,4-14H2,1-3H3. The van der Waals surface area contributed by atoms with E-state index in [1.165, 1.54) is 64.2 Å². The molecule has 0 aliphatic carbocycles. The Bertz CT molecular complexity index is 186. The van der Waals surface area contributed by atoms with Crippen molar-refractivity contribution in [2.24, 2.45) is 5.92 Å². The molecule has 0 amide bonds. The number of unbranched alkanes of at least 4 members (excludes halogenated alkanes) is 7. The highest BCUT2D eigenvalue weighted by atomic mass is 16.6. The number of hydrogen-bond acceptors (Lipinski definition) is 1. The smallest absolute Gasteiger partial charge is 0.0815 e. The lowest BCUT2D eigenvalue weighted by molar-refractivity contribution is 0.380. The molecule has 1 radical (unpaired) electrons. The third-order valence-electron chi connectivity index (χ3n) is 4.28. The van der Waals surface area contributed by atoms with Crippen molar-refractivity contribution in [3.05, 3.63) is 5.92 Å². The van der Waals surface area contributed by atoms with Crippen molar-refractivity contribution in [3.8, 4) is 0 Å². The first-order chi connectivity index (χ1) is 8.74. The Hall–Kier alpha value is -0.0400. The van der Waals surface area contributed by atoms with E-state index >= 15 is 0 Å². The molecule has 2 unspecified atom stereocenters. The van der Waals surface area contributed by atoms with Crippen molar-refractivity contribution in [3.63, 3.8) is 0 Å². The van der Waals surface area contributed by atoms with E-state index in [-0.39, 0.29) is 0 Å². The predicted molar refractivity (Wildman–Crippen MR) is 79.7 cm³/mol. The average molecular weight is 253 g/mol. The zero-order valence-electron chi connectivity index (χ0n) is 12.8. The fourth-order valence-electron chi connectivity index (χ4n) is 2.58. The van der Waals surface area contributed by atoms with Gasteiger partial charge in [0.1, 0.15) is 0 Å². The summed E-state index contributed by atoms with van der Waals surface area (Å²) >= 11 is 0. The van der Waals surface area contributed by atoms with Gasteiger partial charge in [-0.2, -0.15) is 0 Å². The van der Waals surface area contributed by atoms with Crippen LogP contribution in [0.1, 0.15) is 85.0 Å². The van der Waals surface area contributed by atoms with Crippen molar-refractivity contribution in [2.75, 3.05) is 6.61 Å². The fraction of sp³-hybridized carbons (Fsp3) is 0.941. The van der Waals surface area contributed by atoms with Crippen LogP contribution in [-0.2, 0) is 4.74 Å². The second-order valence-electron chi connectivity index (χ2n) is 6.17. The summed E-state index contributed by atoms with van der Waals surface area (Å²) in [5.74, 6) is 2.45. The van der Waals surface area contributed by atoms with Gasteiger partial charge in [-0.3, -0.25) is 0 Å². The molecule has 0 N–H and O–H groups in total. The van der Waals surface area contributed by atoms with Gasteiger partial charge in [-0.1, -0.05) is 78.6 Å². The van der Waals surface area contributed by atoms with Crippen molar-refractivity contribution in [1.29, 1.82) is 0 Å². The van der Waals surface area contributed by atoms with E-state index < -0.39 is 0 Å². The third-order valence-corrected chi connectivity index (χ3v) is 4.28. The number of rotatable bonds is 12. The molecule has 1 aliphatic rings. The van der Waals surface area contributed by atoms with Gasteiger partial charge in [-0.25, -0.2) is 0 Å². The normalized spacial score (nSPS) is 20.3. The molecule has 18 heavy (non-hydrogen) atoms. The molecule has 1 heteroatoms. The Morgan fingerprint density at radius 2 is 1.61 bits per heavy atom. The van der Waals surface area contributed by atoms with Gasteiger partial charge < -0.3 is 4.74 Å². The monoisotopic (exact) mass is 253 g/mol. The summed E-state index contributed by atoms with van der Waals surface area (Å²) in [6.07, 6.45) is 14.6. The van der Waals surface area contributed by atoms with Crippen molar-refractivity contribution < 1.29 is 4.74 Å². The summed E-state index contributed by atoms with van der Waals surface area (Å²) in [5, 5.41) is 0. The average Bonchev–Trinajstić information content (AvgIpc) is 3.16. The largest absolute Gasteiger partial charge is 0.373 e. The lowest BCUT2D eigenvalue weighted by Crippen LogP contribution is -2.08. The SMILES string of the molecule is CCCCCCCCCCC(C)[C](C)CC1CO1. The summed E-state index contributed by atoms with van der Waals surface area (Å²) in [6, 6.07) is 0. The second-order valence-corrected chi connectivity index (χ2v) is 6.17. The molecular formula is C17H33O. The highest BCUT2D eigenvalue weighted by Crippen LogP contribution is 2.29. The van der Waals surface area contributed by atoms with Crippen LogP contribution in [0, 0.1) is 11.8 Å². The van der Waals surface area contributed by atoms with Gasteiger partial charge >= 0.3 is 0 Å². The van der Waals surface area contributed by atoms with Crippen LogP contribution in [0.25, 0.3) is 0 Å². The zero-order valence-corrected chi connectivity index (χ0v) is 12.8. The number of hydrogen-bond donors (Lipinski definition) is 0. The highest BCUT2D eigenvalue weighted by molar-refractivity contribution is 4.94. The first-order valence-corrected chi connectivity index (χ1v) is 8.18. The molecule has 1 fully saturated rings. The minimum Gasteiger partial charge on any atom is -0.373 e. The topological polar surface area (TPSA) is 12.5 Å². The van der Waals surface area contributed by atoms with Crippen LogP contribution in [0.2, 0.25) is 0 Å². The minimum absolute atomic E-state index is 0.575. The summed E-state index contributed by atoms with van der Waals surface area (Å²) in [5.41, 5.74) is 0.